The van der Waals surface area contributed by atoms with Gasteiger partial charge in [-0.05, 0) is 78.9 Å². The molecule has 3 aromatic rings. The van der Waals surface area contributed by atoms with Crippen LogP contribution in [0.3, 0.4) is 0 Å². The number of para-hydroxylation sites is 1. The van der Waals surface area contributed by atoms with Crippen LogP contribution in [-0.4, -0.2) is 23.6 Å². The van der Waals surface area contributed by atoms with E-state index in [1.165, 1.54) is 0 Å². The molecule has 4 rings (SSSR count). The zero-order valence-corrected chi connectivity index (χ0v) is 23.1. The summed E-state index contributed by atoms with van der Waals surface area (Å²) in [5, 5.41) is 2.31. The van der Waals surface area contributed by atoms with E-state index in [1.54, 1.807) is 6.92 Å². The van der Waals surface area contributed by atoms with Crippen molar-refractivity contribution in [2.45, 2.75) is 58.4 Å². The molecule has 3 aromatic carbocycles. The van der Waals surface area contributed by atoms with Gasteiger partial charge < -0.3 is 19.5 Å². The Morgan fingerprint density at radius 1 is 0.789 bits per heavy atom. The van der Waals surface area contributed by atoms with Crippen molar-refractivity contribution in [1.29, 1.82) is 0 Å². The van der Waals surface area contributed by atoms with Crippen molar-refractivity contribution in [3.05, 3.63) is 83.4 Å². The number of carbonyl (C=O) groups is 2. The van der Waals surface area contributed by atoms with Crippen LogP contribution in [-0.2, 0) is 23.2 Å². The van der Waals surface area contributed by atoms with Gasteiger partial charge in [0.05, 0.1) is 13.2 Å². The largest absolute Gasteiger partial charge is 0.493 e. The number of amides is 1. The molecule has 0 bridgehead atoms. The van der Waals surface area contributed by atoms with E-state index in [4.69, 9.17) is 14.2 Å². The molecule has 200 valence electrons. The molecular formula is C31H35NO5S. The molecule has 1 fully saturated rings. The lowest BCUT2D eigenvalue weighted by Crippen LogP contribution is -2.40. The topological polar surface area (TPSA) is 73.9 Å². The Morgan fingerprint density at radius 3 is 2.03 bits per heavy atom. The van der Waals surface area contributed by atoms with Crippen LogP contribution in [0.15, 0.2) is 66.7 Å². The second kappa shape index (κ2) is 12.9. The van der Waals surface area contributed by atoms with E-state index in [2.05, 4.69) is 25.2 Å². The zero-order valence-electron chi connectivity index (χ0n) is 22.3. The number of ether oxygens (including phenoxy) is 3. The molecule has 1 saturated heterocycles. The average molecular weight is 534 g/mol. The molecule has 1 N–H and O–H groups in total. The molecule has 1 unspecified atom stereocenters. The van der Waals surface area contributed by atoms with E-state index in [0.29, 0.717) is 13.2 Å². The predicted molar refractivity (Wildman–Crippen MR) is 151 cm³/mol. The van der Waals surface area contributed by atoms with Gasteiger partial charge in [0.15, 0.2) is 0 Å². The van der Waals surface area contributed by atoms with E-state index < -0.39 is 5.54 Å². The maximum Gasteiger partial charge on any atom is 0.287 e. The SMILES string of the molecule is CCCc1cc(Oc2ccccc2)ccc1OCCCOc1ccc(C2(C)NC(=O)SC2=O)cc1CCC. The first-order valence-corrected chi connectivity index (χ1v) is 14.0. The van der Waals surface area contributed by atoms with Gasteiger partial charge >= 0.3 is 0 Å². The molecule has 0 saturated carbocycles. The van der Waals surface area contributed by atoms with Gasteiger partial charge in [0.2, 0.25) is 5.12 Å². The first-order valence-electron chi connectivity index (χ1n) is 13.2. The van der Waals surface area contributed by atoms with Crippen molar-refractivity contribution in [2.24, 2.45) is 0 Å². The normalized spacial score (nSPS) is 16.8. The summed E-state index contributed by atoms with van der Waals surface area (Å²) in [7, 11) is 0. The second-order valence-electron chi connectivity index (χ2n) is 9.48. The van der Waals surface area contributed by atoms with Crippen LogP contribution < -0.4 is 19.5 Å². The van der Waals surface area contributed by atoms with Crippen molar-refractivity contribution < 1.29 is 23.8 Å². The molecule has 1 aliphatic heterocycles. The van der Waals surface area contributed by atoms with Gasteiger partial charge in [0, 0.05) is 18.2 Å². The van der Waals surface area contributed by atoms with Crippen LogP contribution in [0.5, 0.6) is 23.0 Å². The lowest BCUT2D eigenvalue weighted by molar-refractivity contribution is -0.115. The molecule has 1 atom stereocenters. The van der Waals surface area contributed by atoms with Crippen LogP contribution in [0.25, 0.3) is 0 Å². The van der Waals surface area contributed by atoms with E-state index in [9.17, 15) is 9.59 Å². The van der Waals surface area contributed by atoms with Crippen molar-refractivity contribution >= 4 is 22.1 Å². The van der Waals surface area contributed by atoms with Crippen molar-refractivity contribution in [1.82, 2.24) is 5.32 Å². The summed E-state index contributed by atoms with van der Waals surface area (Å²) in [5.41, 5.74) is 1.94. The fraction of sp³-hybridized carbons (Fsp3) is 0.355. The summed E-state index contributed by atoms with van der Waals surface area (Å²) in [5.74, 6) is 3.28. The minimum Gasteiger partial charge on any atom is -0.493 e. The highest BCUT2D eigenvalue weighted by molar-refractivity contribution is 8.26. The van der Waals surface area contributed by atoms with Crippen LogP contribution >= 0.6 is 11.8 Å². The Morgan fingerprint density at radius 2 is 1.42 bits per heavy atom. The van der Waals surface area contributed by atoms with Gasteiger partial charge in [-0.1, -0.05) is 51.0 Å². The molecule has 1 aliphatic rings. The first kappa shape index (κ1) is 27.6. The Hall–Kier alpha value is -3.45. The summed E-state index contributed by atoms with van der Waals surface area (Å²) in [6.07, 6.45) is 4.41. The van der Waals surface area contributed by atoms with Gasteiger partial charge in [-0.25, -0.2) is 0 Å². The Balaban J connectivity index is 1.33. The lowest BCUT2D eigenvalue weighted by atomic mass is 9.91. The highest BCUT2D eigenvalue weighted by atomic mass is 32.2. The highest BCUT2D eigenvalue weighted by Crippen LogP contribution is 2.36. The maximum atomic E-state index is 12.4. The van der Waals surface area contributed by atoms with Crippen LogP contribution in [0, 0.1) is 0 Å². The maximum absolute atomic E-state index is 12.4. The zero-order chi connectivity index (χ0) is 27.0. The van der Waals surface area contributed by atoms with Crippen molar-refractivity contribution in [2.75, 3.05) is 13.2 Å². The fourth-order valence-corrected chi connectivity index (χ4v) is 5.22. The summed E-state index contributed by atoms with van der Waals surface area (Å²) >= 11 is 0.727. The van der Waals surface area contributed by atoms with E-state index in [1.807, 2.05) is 60.7 Å². The summed E-state index contributed by atoms with van der Waals surface area (Å²) in [4.78, 5) is 24.2. The van der Waals surface area contributed by atoms with E-state index >= 15 is 0 Å². The number of nitrogens with one attached hydrogen (secondary N) is 1. The average Bonchev–Trinajstić information content (AvgIpc) is 3.18. The number of hydrogen-bond acceptors (Lipinski definition) is 6. The molecule has 6 nitrogen and oxygen atoms in total. The number of rotatable bonds is 13. The number of benzene rings is 3. The number of carbonyl (C=O) groups excluding carboxylic acids is 2. The van der Waals surface area contributed by atoms with Gasteiger partial charge in [-0.3, -0.25) is 9.59 Å². The number of aryl methyl sites for hydroxylation is 2. The third-order valence-electron chi connectivity index (χ3n) is 6.44. The standard InChI is InChI=1S/C31H35NO5S/c1-4-10-22-20-24(31(3)29(33)38-30(34)32-31)14-16-27(22)35-18-9-19-36-28-17-15-26(21-23(28)11-5-2)37-25-12-7-6-8-13-25/h6-8,12-17,20-21H,4-5,9-11,18-19H2,1-3H3,(H,32,34). The van der Waals surface area contributed by atoms with Gasteiger partial charge in [-0.15, -0.1) is 0 Å². The quantitative estimate of drug-likeness (QED) is 0.230. The number of hydrogen-bond donors (Lipinski definition) is 1. The smallest absolute Gasteiger partial charge is 0.287 e. The monoisotopic (exact) mass is 533 g/mol. The highest BCUT2D eigenvalue weighted by Gasteiger charge is 2.44. The van der Waals surface area contributed by atoms with Gasteiger partial charge in [0.25, 0.3) is 5.24 Å². The lowest BCUT2D eigenvalue weighted by Gasteiger charge is -2.23. The molecule has 1 heterocycles. The Bertz CT molecular complexity index is 1260. The minimum absolute atomic E-state index is 0.183. The molecule has 38 heavy (non-hydrogen) atoms. The third kappa shape index (κ3) is 6.70. The van der Waals surface area contributed by atoms with Gasteiger partial charge in [0.1, 0.15) is 28.5 Å². The second-order valence-corrected chi connectivity index (χ2v) is 10.4. The van der Waals surface area contributed by atoms with E-state index in [0.717, 1.165) is 83.6 Å². The fourth-order valence-electron chi connectivity index (χ4n) is 4.43. The first-order chi connectivity index (χ1) is 18.4. The number of thioether (sulfide) groups is 1. The molecule has 0 aromatic heterocycles. The molecule has 0 aliphatic carbocycles. The van der Waals surface area contributed by atoms with E-state index in [-0.39, 0.29) is 10.4 Å². The van der Waals surface area contributed by atoms with Crippen LogP contribution in [0.4, 0.5) is 4.79 Å². The molecular weight excluding hydrogens is 498 g/mol. The van der Waals surface area contributed by atoms with Crippen LogP contribution in [0.2, 0.25) is 0 Å². The minimum atomic E-state index is -1.01. The molecule has 7 heteroatoms. The summed E-state index contributed by atoms with van der Waals surface area (Å²) in [6, 6.07) is 21.5. The summed E-state index contributed by atoms with van der Waals surface area (Å²) < 4.78 is 18.2. The van der Waals surface area contributed by atoms with Gasteiger partial charge in [-0.2, -0.15) is 0 Å². The van der Waals surface area contributed by atoms with Crippen molar-refractivity contribution in [3.63, 3.8) is 0 Å². The third-order valence-corrected chi connectivity index (χ3v) is 7.32. The Kier molecular flexibility index (Phi) is 9.34. The van der Waals surface area contributed by atoms with Crippen molar-refractivity contribution in [3.8, 4) is 23.0 Å². The Labute approximate surface area is 229 Å². The molecule has 0 radical (unpaired) electrons. The van der Waals surface area contributed by atoms with Crippen LogP contribution in [0.1, 0.15) is 56.7 Å². The molecule has 1 amide bonds. The molecule has 0 spiro atoms. The summed E-state index contributed by atoms with van der Waals surface area (Å²) in [6.45, 7) is 7.05. The predicted octanol–water partition coefficient (Wildman–Crippen LogP) is 7.43.